The summed E-state index contributed by atoms with van der Waals surface area (Å²) >= 11 is 3.34. The minimum absolute atomic E-state index is 0.0892. The molecule has 0 saturated carbocycles. The number of ether oxygens (including phenoxy) is 2. The van der Waals surface area contributed by atoms with Gasteiger partial charge in [0.15, 0.2) is 0 Å². The summed E-state index contributed by atoms with van der Waals surface area (Å²) in [6.45, 7) is 2.18. The van der Waals surface area contributed by atoms with Gasteiger partial charge in [0.2, 0.25) is 5.88 Å². The molecule has 0 fully saturated rings. The van der Waals surface area contributed by atoms with E-state index < -0.39 is 11.7 Å². The molecule has 1 aromatic carbocycles. The zero-order valence-corrected chi connectivity index (χ0v) is 15.6. The van der Waals surface area contributed by atoms with Gasteiger partial charge in [0.25, 0.3) is 0 Å². The van der Waals surface area contributed by atoms with E-state index in [2.05, 4.69) is 20.9 Å². The van der Waals surface area contributed by atoms with Crippen LogP contribution in [-0.2, 0) is 28.7 Å². The van der Waals surface area contributed by atoms with Crippen LogP contribution in [0.1, 0.15) is 30.0 Å². The number of aryl methyl sites for hydroxylation is 1. The lowest BCUT2D eigenvalue weighted by Gasteiger charge is -2.10. The fourth-order valence-electron chi connectivity index (χ4n) is 2.13. The Labute approximate surface area is 157 Å². The number of rotatable bonds is 7. The maximum Gasteiger partial charge on any atom is 0.416 e. The Kier molecular flexibility index (Phi) is 7.02. The smallest absolute Gasteiger partial charge is 0.416 e. The lowest BCUT2D eigenvalue weighted by Crippen LogP contribution is -2.06. The fraction of sp³-hybridized carbons (Fsp3) is 0.333. The number of halogens is 4. The normalized spacial score (nSPS) is 11.3. The molecule has 0 spiro atoms. The van der Waals surface area contributed by atoms with Crippen molar-refractivity contribution in [2.24, 2.45) is 0 Å². The summed E-state index contributed by atoms with van der Waals surface area (Å²) < 4.78 is 48.6. The van der Waals surface area contributed by atoms with Crippen LogP contribution in [0.3, 0.4) is 0 Å². The molecule has 0 N–H and O–H groups in total. The number of benzene rings is 1. The van der Waals surface area contributed by atoms with E-state index in [0.717, 1.165) is 17.7 Å². The summed E-state index contributed by atoms with van der Waals surface area (Å²) in [5.41, 5.74) is 0.733. The molecule has 2 rings (SSSR count). The third-order valence-electron chi connectivity index (χ3n) is 3.44. The highest BCUT2D eigenvalue weighted by Gasteiger charge is 2.29. The van der Waals surface area contributed by atoms with Crippen molar-refractivity contribution in [1.29, 1.82) is 0 Å². The summed E-state index contributed by atoms with van der Waals surface area (Å²) in [7, 11) is 0. The second kappa shape index (κ2) is 9.02. The van der Waals surface area contributed by atoms with Gasteiger partial charge in [-0.3, -0.25) is 4.79 Å². The van der Waals surface area contributed by atoms with Crippen LogP contribution in [0.2, 0.25) is 0 Å². The zero-order chi connectivity index (χ0) is 19.2. The van der Waals surface area contributed by atoms with Gasteiger partial charge in [-0.1, -0.05) is 12.1 Å². The average molecular weight is 432 g/mol. The quantitative estimate of drug-likeness (QED) is 0.582. The molecule has 0 unspecified atom stereocenters. The van der Waals surface area contributed by atoms with Gasteiger partial charge in [0.1, 0.15) is 6.61 Å². The summed E-state index contributed by atoms with van der Waals surface area (Å²) in [6.07, 6.45) is -2.02. The first-order valence-electron chi connectivity index (χ1n) is 7.88. The molecule has 1 aromatic heterocycles. The van der Waals surface area contributed by atoms with Crippen LogP contribution in [0.4, 0.5) is 13.2 Å². The summed E-state index contributed by atoms with van der Waals surface area (Å²) in [5.74, 6) is 0.0519. The van der Waals surface area contributed by atoms with Crippen LogP contribution in [0.5, 0.6) is 5.88 Å². The average Bonchev–Trinajstić information content (AvgIpc) is 2.59. The van der Waals surface area contributed by atoms with Crippen LogP contribution in [0.25, 0.3) is 0 Å². The van der Waals surface area contributed by atoms with Gasteiger partial charge in [-0.25, -0.2) is 4.98 Å². The highest BCUT2D eigenvalue weighted by Crippen LogP contribution is 2.29. The van der Waals surface area contributed by atoms with Crippen molar-refractivity contribution in [1.82, 2.24) is 4.98 Å². The molecule has 0 bridgehead atoms. The van der Waals surface area contributed by atoms with Gasteiger partial charge in [-0.2, -0.15) is 13.2 Å². The lowest BCUT2D eigenvalue weighted by atomic mass is 10.1. The van der Waals surface area contributed by atoms with E-state index in [1.807, 2.05) is 0 Å². The minimum atomic E-state index is -4.36. The van der Waals surface area contributed by atoms with E-state index in [0.29, 0.717) is 28.9 Å². The van der Waals surface area contributed by atoms with Crippen LogP contribution in [0.15, 0.2) is 41.0 Å². The van der Waals surface area contributed by atoms with Crippen molar-refractivity contribution in [2.75, 3.05) is 6.61 Å². The molecule has 2 aromatic rings. The number of carbonyl (C=O) groups excluding carboxylic acids is 1. The first-order chi connectivity index (χ1) is 12.3. The SMILES string of the molecule is CCOC(=O)CCc1cnc(OCc2ccc(C(F)(F)F)cc2)c(Br)c1. The Balaban J connectivity index is 1.92. The minimum Gasteiger partial charge on any atom is -0.472 e. The number of hydrogen-bond acceptors (Lipinski definition) is 4. The Hall–Kier alpha value is -2.09. The molecule has 26 heavy (non-hydrogen) atoms. The van der Waals surface area contributed by atoms with Gasteiger partial charge < -0.3 is 9.47 Å². The Morgan fingerprint density at radius 1 is 1.19 bits per heavy atom. The maximum absolute atomic E-state index is 12.5. The largest absolute Gasteiger partial charge is 0.472 e. The van der Waals surface area contributed by atoms with Crippen LogP contribution >= 0.6 is 15.9 Å². The fourth-order valence-corrected chi connectivity index (χ4v) is 2.64. The van der Waals surface area contributed by atoms with E-state index in [1.165, 1.54) is 12.1 Å². The Morgan fingerprint density at radius 3 is 2.46 bits per heavy atom. The van der Waals surface area contributed by atoms with E-state index >= 15 is 0 Å². The number of carbonyl (C=O) groups is 1. The van der Waals surface area contributed by atoms with Gasteiger partial charge in [0.05, 0.1) is 16.6 Å². The molecular formula is C18H17BrF3NO3. The maximum atomic E-state index is 12.5. The van der Waals surface area contributed by atoms with E-state index in [9.17, 15) is 18.0 Å². The zero-order valence-electron chi connectivity index (χ0n) is 14.0. The molecule has 1 heterocycles. The van der Waals surface area contributed by atoms with E-state index in [-0.39, 0.29) is 19.0 Å². The van der Waals surface area contributed by atoms with Crippen molar-refractivity contribution in [2.45, 2.75) is 32.5 Å². The van der Waals surface area contributed by atoms with Gasteiger partial charge in [-0.15, -0.1) is 0 Å². The second-order valence-corrected chi connectivity index (χ2v) is 6.27. The van der Waals surface area contributed by atoms with Gasteiger partial charge in [-0.05, 0) is 58.6 Å². The van der Waals surface area contributed by atoms with Crippen molar-refractivity contribution in [3.05, 3.63) is 57.7 Å². The number of hydrogen-bond donors (Lipinski definition) is 0. The first-order valence-corrected chi connectivity index (χ1v) is 8.68. The van der Waals surface area contributed by atoms with Crippen molar-refractivity contribution in [3.63, 3.8) is 0 Å². The van der Waals surface area contributed by atoms with Crippen molar-refractivity contribution in [3.8, 4) is 5.88 Å². The molecule has 0 amide bonds. The van der Waals surface area contributed by atoms with Crippen LogP contribution < -0.4 is 4.74 Å². The standard InChI is InChI=1S/C18H17BrF3NO3/c1-2-25-16(24)8-5-13-9-15(19)17(23-10-13)26-11-12-3-6-14(7-4-12)18(20,21)22/h3-4,6-7,9-10H,2,5,8,11H2,1H3. The monoisotopic (exact) mass is 431 g/mol. The molecule has 0 radical (unpaired) electrons. The Bertz CT molecular complexity index is 748. The topological polar surface area (TPSA) is 48.4 Å². The lowest BCUT2D eigenvalue weighted by molar-refractivity contribution is -0.143. The molecule has 0 aliphatic heterocycles. The van der Waals surface area contributed by atoms with E-state index in [1.54, 1.807) is 19.2 Å². The third-order valence-corrected chi connectivity index (χ3v) is 4.01. The summed E-state index contributed by atoms with van der Waals surface area (Å²) in [4.78, 5) is 15.5. The number of esters is 1. The molecule has 0 saturated heterocycles. The predicted molar refractivity (Wildman–Crippen MR) is 92.7 cm³/mol. The number of alkyl halides is 3. The molecule has 4 nitrogen and oxygen atoms in total. The second-order valence-electron chi connectivity index (χ2n) is 5.42. The number of nitrogens with zero attached hydrogens (tertiary/aromatic N) is 1. The molecular weight excluding hydrogens is 415 g/mol. The summed E-state index contributed by atoms with van der Waals surface area (Å²) in [6, 6.07) is 6.54. The Morgan fingerprint density at radius 2 is 1.88 bits per heavy atom. The highest BCUT2D eigenvalue weighted by atomic mass is 79.9. The van der Waals surface area contributed by atoms with Crippen LogP contribution in [0, 0.1) is 0 Å². The predicted octanol–water partition coefficient (Wildman–Crippen LogP) is 4.94. The highest BCUT2D eigenvalue weighted by molar-refractivity contribution is 9.10. The molecule has 140 valence electrons. The molecule has 0 aliphatic carbocycles. The van der Waals surface area contributed by atoms with Gasteiger partial charge in [0, 0.05) is 12.6 Å². The molecule has 0 atom stereocenters. The van der Waals surface area contributed by atoms with Crippen LogP contribution in [-0.4, -0.2) is 17.6 Å². The number of pyridine rings is 1. The first kappa shape index (κ1) is 20.2. The summed E-state index contributed by atoms with van der Waals surface area (Å²) in [5, 5.41) is 0. The van der Waals surface area contributed by atoms with Crippen molar-refractivity contribution >= 4 is 21.9 Å². The third kappa shape index (κ3) is 6.01. The van der Waals surface area contributed by atoms with Gasteiger partial charge >= 0.3 is 12.1 Å². The number of aromatic nitrogens is 1. The molecule has 8 heteroatoms. The molecule has 0 aliphatic rings. The van der Waals surface area contributed by atoms with E-state index in [4.69, 9.17) is 9.47 Å². The van der Waals surface area contributed by atoms with Crippen molar-refractivity contribution < 1.29 is 27.4 Å².